The summed E-state index contributed by atoms with van der Waals surface area (Å²) in [6.45, 7) is 9.12. The van der Waals surface area contributed by atoms with Gasteiger partial charge in [0.15, 0.2) is 0 Å². The van der Waals surface area contributed by atoms with Crippen LogP contribution in [0.5, 0.6) is 5.75 Å². The molecule has 6 heteroatoms. The molecule has 0 spiro atoms. The van der Waals surface area contributed by atoms with Gasteiger partial charge in [0.1, 0.15) is 5.75 Å². The number of benzene rings is 1. The van der Waals surface area contributed by atoms with Gasteiger partial charge in [0.2, 0.25) is 5.91 Å². The third-order valence-corrected chi connectivity index (χ3v) is 5.90. The number of fused-ring (bicyclic) bond motifs is 1. The Morgan fingerprint density at radius 3 is 2.81 bits per heavy atom. The Kier molecular flexibility index (Phi) is 6.14. The van der Waals surface area contributed by atoms with Gasteiger partial charge in [0, 0.05) is 18.9 Å². The van der Waals surface area contributed by atoms with Crippen molar-refractivity contribution >= 4 is 27.5 Å². The molecule has 142 valence electrons. The van der Waals surface area contributed by atoms with E-state index in [0.29, 0.717) is 18.4 Å². The van der Waals surface area contributed by atoms with Crippen LogP contribution in [0, 0.1) is 5.92 Å². The van der Waals surface area contributed by atoms with Crippen molar-refractivity contribution < 1.29 is 14.3 Å². The fraction of sp³-hybridized carbons (Fsp3) is 0.600. The van der Waals surface area contributed by atoms with Crippen molar-refractivity contribution in [1.29, 1.82) is 0 Å². The van der Waals surface area contributed by atoms with Crippen LogP contribution in [-0.4, -0.2) is 36.3 Å². The Labute approximate surface area is 159 Å². The van der Waals surface area contributed by atoms with Crippen LogP contribution in [0.2, 0.25) is 0 Å². The molecule has 1 aromatic carbocycles. The second-order valence-electron chi connectivity index (χ2n) is 7.54. The molecule has 1 aliphatic carbocycles. The molecule has 3 rings (SSSR count). The maximum Gasteiger partial charge on any atom is 0.217 e. The molecule has 0 saturated heterocycles. The van der Waals surface area contributed by atoms with E-state index in [1.54, 1.807) is 11.3 Å². The molecule has 5 nitrogen and oxygen atoms in total. The normalized spacial score (nSPS) is 20.8. The Bertz CT molecular complexity index is 753. The number of nitrogens with zero attached hydrogens (tertiary/aromatic N) is 1. The average Bonchev–Trinajstić information content (AvgIpc) is 2.95. The van der Waals surface area contributed by atoms with Gasteiger partial charge in [-0.1, -0.05) is 13.8 Å². The van der Waals surface area contributed by atoms with Gasteiger partial charge in [0.05, 0.1) is 34.5 Å². The fourth-order valence-corrected chi connectivity index (χ4v) is 4.09. The lowest BCUT2D eigenvalue weighted by Gasteiger charge is -2.35. The number of nitrogens with one attached hydrogen (secondary N) is 1. The number of hydrogen-bond donors (Lipinski definition) is 1. The SMILES string of the molecule is CC(=O)N[C@@H](C)COC1CC(COc2ccc3nc(C(C)C)sc3c2)C1. The Hall–Kier alpha value is -1.66. The Morgan fingerprint density at radius 2 is 2.12 bits per heavy atom. The predicted molar refractivity (Wildman–Crippen MR) is 105 cm³/mol. The van der Waals surface area contributed by atoms with Crippen molar-refractivity contribution in [2.24, 2.45) is 5.92 Å². The van der Waals surface area contributed by atoms with Crippen LogP contribution in [0.4, 0.5) is 0 Å². The summed E-state index contributed by atoms with van der Waals surface area (Å²) in [5.74, 6) is 1.90. The first-order chi connectivity index (χ1) is 12.4. The van der Waals surface area contributed by atoms with E-state index >= 15 is 0 Å². The number of aromatic nitrogens is 1. The molecule has 0 aliphatic heterocycles. The van der Waals surface area contributed by atoms with E-state index < -0.39 is 0 Å². The van der Waals surface area contributed by atoms with E-state index in [1.165, 1.54) is 16.6 Å². The molecule has 26 heavy (non-hydrogen) atoms. The molecular weight excluding hydrogens is 348 g/mol. The second kappa shape index (κ2) is 8.35. The van der Waals surface area contributed by atoms with Crippen LogP contribution in [0.15, 0.2) is 18.2 Å². The lowest BCUT2D eigenvalue weighted by Crippen LogP contribution is -2.40. The van der Waals surface area contributed by atoms with Crippen LogP contribution in [0.25, 0.3) is 10.2 Å². The molecule has 1 aliphatic rings. The maximum absolute atomic E-state index is 11.0. The van der Waals surface area contributed by atoms with Crippen molar-refractivity contribution in [3.8, 4) is 5.75 Å². The molecule has 0 unspecified atom stereocenters. The number of carbonyl (C=O) groups excluding carboxylic acids is 1. The predicted octanol–water partition coefficient (Wildman–Crippen LogP) is 4.12. The molecule has 1 atom stereocenters. The van der Waals surface area contributed by atoms with Crippen LogP contribution in [0.1, 0.15) is 51.5 Å². The molecule has 1 N–H and O–H groups in total. The third kappa shape index (κ3) is 4.95. The number of carbonyl (C=O) groups is 1. The largest absolute Gasteiger partial charge is 0.493 e. The zero-order chi connectivity index (χ0) is 18.7. The van der Waals surface area contributed by atoms with Crippen molar-refractivity contribution in [2.75, 3.05) is 13.2 Å². The highest BCUT2D eigenvalue weighted by Gasteiger charge is 2.30. The first-order valence-corrected chi connectivity index (χ1v) is 10.1. The minimum Gasteiger partial charge on any atom is -0.493 e. The van der Waals surface area contributed by atoms with Gasteiger partial charge in [-0.15, -0.1) is 11.3 Å². The highest BCUT2D eigenvalue weighted by Crippen LogP contribution is 2.33. The first kappa shape index (κ1) is 19.1. The fourth-order valence-electron chi connectivity index (χ4n) is 3.09. The van der Waals surface area contributed by atoms with E-state index in [1.807, 2.05) is 19.1 Å². The van der Waals surface area contributed by atoms with Gasteiger partial charge in [-0.25, -0.2) is 4.98 Å². The smallest absolute Gasteiger partial charge is 0.217 e. The summed E-state index contributed by atoms with van der Waals surface area (Å²) in [6, 6.07) is 6.21. The summed E-state index contributed by atoms with van der Waals surface area (Å²) >= 11 is 1.75. The number of amides is 1. The molecule has 1 heterocycles. The molecular formula is C20H28N2O3S. The summed E-state index contributed by atoms with van der Waals surface area (Å²) < 4.78 is 13.0. The Morgan fingerprint density at radius 1 is 1.35 bits per heavy atom. The summed E-state index contributed by atoms with van der Waals surface area (Å²) in [6.07, 6.45) is 2.33. The number of ether oxygens (including phenoxy) is 2. The van der Waals surface area contributed by atoms with Gasteiger partial charge in [0.25, 0.3) is 0 Å². The van der Waals surface area contributed by atoms with E-state index in [4.69, 9.17) is 9.47 Å². The number of hydrogen-bond acceptors (Lipinski definition) is 5. The first-order valence-electron chi connectivity index (χ1n) is 9.32. The van der Waals surface area contributed by atoms with Crippen molar-refractivity contribution in [2.45, 2.75) is 58.6 Å². The summed E-state index contributed by atoms with van der Waals surface area (Å²) in [7, 11) is 0. The summed E-state index contributed by atoms with van der Waals surface area (Å²) in [5, 5.41) is 4.01. The minimum atomic E-state index is -0.0144. The summed E-state index contributed by atoms with van der Waals surface area (Å²) in [4.78, 5) is 15.6. The van der Waals surface area contributed by atoms with Gasteiger partial charge < -0.3 is 14.8 Å². The molecule has 0 radical (unpaired) electrons. The van der Waals surface area contributed by atoms with Gasteiger partial charge in [-0.3, -0.25) is 4.79 Å². The van der Waals surface area contributed by atoms with Crippen molar-refractivity contribution in [3.05, 3.63) is 23.2 Å². The van der Waals surface area contributed by atoms with Crippen molar-refractivity contribution in [1.82, 2.24) is 10.3 Å². The summed E-state index contributed by atoms with van der Waals surface area (Å²) in [5.41, 5.74) is 1.05. The third-order valence-electron chi connectivity index (χ3n) is 4.58. The van der Waals surface area contributed by atoms with E-state index in [9.17, 15) is 4.79 Å². The standard InChI is InChI=1S/C20H28N2O3S/c1-12(2)20-22-18-6-5-16(9-19(18)26-20)25-11-15-7-17(8-15)24-10-13(3)21-14(4)23/h5-6,9,12-13,15,17H,7-8,10-11H2,1-4H3,(H,21,23)/t13-,15?,17?/m0/s1. The highest BCUT2D eigenvalue weighted by atomic mass is 32.1. The Balaban J connectivity index is 1.40. The topological polar surface area (TPSA) is 60.5 Å². The van der Waals surface area contributed by atoms with E-state index in [-0.39, 0.29) is 18.1 Å². The second-order valence-corrected chi connectivity index (χ2v) is 8.60. The van der Waals surface area contributed by atoms with Gasteiger partial charge in [-0.05, 0) is 43.9 Å². The molecule has 2 aromatic rings. The van der Waals surface area contributed by atoms with Crippen LogP contribution in [-0.2, 0) is 9.53 Å². The zero-order valence-electron chi connectivity index (χ0n) is 16.0. The number of rotatable bonds is 8. The van der Waals surface area contributed by atoms with Crippen LogP contribution < -0.4 is 10.1 Å². The van der Waals surface area contributed by atoms with Crippen molar-refractivity contribution in [3.63, 3.8) is 0 Å². The molecule has 1 amide bonds. The lowest BCUT2D eigenvalue weighted by atomic mass is 9.83. The molecule has 1 saturated carbocycles. The lowest BCUT2D eigenvalue weighted by molar-refractivity contribution is -0.120. The molecule has 0 bridgehead atoms. The average molecular weight is 377 g/mol. The maximum atomic E-state index is 11.0. The van der Waals surface area contributed by atoms with E-state index in [2.05, 4.69) is 30.2 Å². The van der Waals surface area contributed by atoms with Crippen LogP contribution in [0.3, 0.4) is 0 Å². The highest BCUT2D eigenvalue weighted by molar-refractivity contribution is 7.18. The number of thiazole rings is 1. The molecule has 1 aromatic heterocycles. The van der Waals surface area contributed by atoms with Gasteiger partial charge >= 0.3 is 0 Å². The van der Waals surface area contributed by atoms with Gasteiger partial charge in [-0.2, -0.15) is 0 Å². The molecule has 1 fully saturated rings. The minimum absolute atomic E-state index is 0.0144. The monoisotopic (exact) mass is 376 g/mol. The quantitative estimate of drug-likeness (QED) is 0.753. The van der Waals surface area contributed by atoms with E-state index in [0.717, 1.165) is 30.7 Å². The zero-order valence-corrected chi connectivity index (χ0v) is 16.8. The van der Waals surface area contributed by atoms with Crippen LogP contribution >= 0.6 is 11.3 Å².